The number of amides is 3. The minimum Gasteiger partial charge on any atom is -0.341 e. The van der Waals surface area contributed by atoms with E-state index in [4.69, 9.17) is 23.2 Å². The Morgan fingerprint density at radius 3 is 2.24 bits per heavy atom. The van der Waals surface area contributed by atoms with Crippen LogP contribution in [-0.2, 0) is 17.6 Å². The summed E-state index contributed by atoms with van der Waals surface area (Å²) in [5.74, 6) is 0.227. The normalized spacial score (nSPS) is 17.6. The Balaban J connectivity index is 1.46. The largest absolute Gasteiger partial charge is 0.341 e. The molecule has 2 aromatic carbocycles. The van der Waals surface area contributed by atoms with Crippen LogP contribution in [0.4, 0.5) is 9.18 Å². The molecule has 6 nitrogen and oxygen atoms in total. The van der Waals surface area contributed by atoms with Crippen LogP contribution in [0.25, 0.3) is 0 Å². The monoisotopic (exact) mass is 604 g/mol. The van der Waals surface area contributed by atoms with Gasteiger partial charge in [-0.1, -0.05) is 48.7 Å². The van der Waals surface area contributed by atoms with E-state index in [-0.39, 0.29) is 18.4 Å². The van der Waals surface area contributed by atoms with Crippen LogP contribution in [-0.4, -0.2) is 79.5 Å². The van der Waals surface area contributed by atoms with Gasteiger partial charge in [0.25, 0.3) is 0 Å². The number of benzene rings is 2. The lowest BCUT2D eigenvalue weighted by molar-refractivity contribution is -0.134. The fourth-order valence-corrected chi connectivity index (χ4v) is 6.57. The summed E-state index contributed by atoms with van der Waals surface area (Å²) in [6, 6.07) is 9.57. The van der Waals surface area contributed by atoms with Crippen molar-refractivity contribution in [2.24, 2.45) is 5.92 Å². The highest BCUT2D eigenvalue weighted by Gasteiger charge is 2.32. The molecular formula is C32H43Cl2FN4O2. The third kappa shape index (κ3) is 8.59. The molecule has 2 aliphatic heterocycles. The number of hydrogen-bond acceptors (Lipinski definition) is 3. The topological polar surface area (TPSA) is 55.9 Å². The molecule has 0 saturated carbocycles. The van der Waals surface area contributed by atoms with Crippen LogP contribution in [0.15, 0.2) is 36.4 Å². The molecule has 9 heteroatoms. The first-order valence-corrected chi connectivity index (χ1v) is 15.6. The van der Waals surface area contributed by atoms with Gasteiger partial charge in [0.1, 0.15) is 11.9 Å². The molecule has 2 aromatic rings. The van der Waals surface area contributed by atoms with E-state index in [1.165, 1.54) is 17.2 Å². The number of hydrogen-bond donors (Lipinski definition) is 1. The standard InChI is InChI=1S/C32H43Cl2FN4O2/c1-4-22(21-37(2)3)17-25-18-26(33)9-10-28(25)23-11-15-38(16-12-23)31(40)30(36-32(41)39-13-5-6-14-39)19-24-7-8-27(34)20-29(24)35/h7-10,18,20,22-23,30H,4-6,11-17,19,21H2,1-3H3,(H,36,41)/t22-,30+/m0/s1. The van der Waals surface area contributed by atoms with E-state index in [2.05, 4.69) is 43.4 Å². The Bertz CT molecular complexity index is 1200. The van der Waals surface area contributed by atoms with Crippen molar-refractivity contribution in [2.75, 3.05) is 46.8 Å². The maximum Gasteiger partial charge on any atom is 0.318 e. The molecule has 41 heavy (non-hydrogen) atoms. The highest BCUT2D eigenvalue weighted by Crippen LogP contribution is 2.34. The van der Waals surface area contributed by atoms with Gasteiger partial charge in [-0.25, -0.2) is 9.18 Å². The highest BCUT2D eigenvalue weighted by molar-refractivity contribution is 6.30. The van der Waals surface area contributed by atoms with Crippen molar-refractivity contribution in [2.45, 2.75) is 63.8 Å². The van der Waals surface area contributed by atoms with Gasteiger partial charge in [-0.15, -0.1) is 0 Å². The second-order valence-electron chi connectivity index (χ2n) is 11.8. The zero-order valence-electron chi connectivity index (χ0n) is 24.5. The highest BCUT2D eigenvalue weighted by atomic mass is 35.5. The zero-order chi connectivity index (χ0) is 29.5. The van der Waals surface area contributed by atoms with E-state index in [1.807, 2.05) is 11.0 Å². The first-order valence-electron chi connectivity index (χ1n) is 14.9. The molecule has 1 N–H and O–H groups in total. The summed E-state index contributed by atoms with van der Waals surface area (Å²) in [5, 5.41) is 3.97. The second-order valence-corrected chi connectivity index (χ2v) is 12.7. The molecule has 4 rings (SSSR count). The van der Waals surface area contributed by atoms with Crippen LogP contribution in [0, 0.1) is 11.7 Å². The Labute approximate surface area is 254 Å². The fraction of sp³-hybridized carbons (Fsp3) is 0.562. The van der Waals surface area contributed by atoms with Crippen molar-refractivity contribution in [3.05, 3.63) is 69.0 Å². The summed E-state index contributed by atoms with van der Waals surface area (Å²) in [6.45, 7) is 5.76. The number of urea groups is 1. The summed E-state index contributed by atoms with van der Waals surface area (Å²) < 4.78 is 14.7. The molecule has 2 aliphatic rings. The smallest absolute Gasteiger partial charge is 0.318 e. The Morgan fingerprint density at radius 2 is 1.61 bits per heavy atom. The molecule has 0 unspecified atom stereocenters. The number of nitrogens with zero attached hydrogens (tertiary/aromatic N) is 3. The number of piperidine rings is 1. The Kier molecular flexibility index (Phi) is 11.3. The first-order chi connectivity index (χ1) is 19.6. The number of likely N-dealkylation sites (tertiary alicyclic amines) is 2. The second kappa shape index (κ2) is 14.7. The molecule has 0 spiro atoms. The predicted molar refractivity (Wildman–Crippen MR) is 164 cm³/mol. The van der Waals surface area contributed by atoms with Gasteiger partial charge < -0.3 is 20.0 Å². The predicted octanol–water partition coefficient (Wildman–Crippen LogP) is 6.39. The summed E-state index contributed by atoms with van der Waals surface area (Å²) in [6.07, 6.45) is 5.70. The third-order valence-electron chi connectivity index (χ3n) is 8.49. The van der Waals surface area contributed by atoms with Gasteiger partial charge in [0.15, 0.2) is 0 Å². The Morgan fingerprint density at radius 1 is 0.951 bits per heavy atom. The van der Waals surface area contributed by atoms with Crippen molar-refractivity contribution >= 4 is 35.1 Å². The SMILES string of the molecule is CC[C@@H](Cc1cc(Cl)ccc1C1CCN(C(=O)[C@@H](Cc2ccc(Cl)cc2F)NC(=O)N2CCCC2)CC1)CN(C)C. The molecule has 3 amide bonds. The summed E-state index contributed by atoms with van der Waals surface area (Å²) in [5.41, 5.74) is 2.98. The summed E-state index contributed by atoms with van der Waals surface area (Å²) in [4.78, 5) is 32.6. The molecule has 2 saturated heterocycles. The van der Waals surface area contributed by atoms with Crippen molar-refractivity contribution in [1.82, 2.24) is 20.0 Å². The summed E-state index contributed by atoms with van der Waals surface area (Å²) >= 11 is 12.4. The van der Waals surface area contributed by atoms with Crippen LogP contribution in [0.5, 0.6) is 0 Å². The van der Waals surface area contributed by atoms with E-state index < -0.39 is 11.9 Å². The van der Waals surface area contributed by atoms with Crippen LogP contribution in [0.3, 0.4) is 0 Å². The minimum absolute atomic E-state index is 0.0763. The van der Waals surface area contributed by atoms with Crippen molar-refractivity contribution < 1.29 is 14.0 Å². The van der Waals surface area contributed by atoms with E-state index in [1.54, 1.807) is 17.0 Å². The molecule has 0 aromatic heterocycles. The lowest BCUT2D eigenvalue weighted by Crippen LogP contribution is -2.54. The van der Waals surface area contributed by atoms with Crippen molar-refractivity contribution in [1.29, 1.82) is 0 Å². The fourth-order valence-electron chi connectivity index (χ4n) is 6.21. The molecule has 0 aliphatic carbocycles. The number of rotatable bonds is 10. The molecule has 2 atom stereocenters. The maximum absolute atomic E-state index is 14.7. The average molecular weight is 606 g/mol. The molecule has 224 valence electrons. The first kappa shape index (κ1) is 31.6. The van der Waals surface area contributed by atoms with Gasteiger partial charge in [-0.2, -0.15) is 0 Å². The Hall–Kier alpha value is -2.35. The number of nitrogens with one attached hydrogen (secondary N) is 1. The van der Waals surface area contributed by atoms with Gasteiger partial charge >= 0.3 is 6.03 Å². The lowest BCUT2D eigenvalue weighted by atomic mass is 9.83. The van der Waals surface area contributed by atoms with E-state index in [0.717, 1.165) is 50.1 Å². The molecule has 2 heterocycles. The van der Waals surface area contributed by atoms with E-state index in [9.17, 15) is 14.0 Å². The molecule has 0 bridgehead atoms. The van der Waals surface area contributed by atoms with Gasteiger partial charge in [0.05, 0.1) is 0 Å². The van der Waals surface area contributed by atoms with Crippen LogP contribution < -0.4 is 5.32 Å². The quantitative estimate of drug-likeness (QED) is 0.342. The minimum atomic E-state index is -0.849. The number of carbonyl (C=O) groups excluding carboxylic acids is 2. The van der Waals surface area contributed by atoms with Crippen molar-refractivity contribution in [3.8, 4) is 0 Å². The zero-order valence-corrected chi connectivity index (χ0v) is 26.0. The van der Waals surface area contributed by atoms with Crippen LogP contribution in [0.1, 0.15) is 61.6 Å². The van der Waals surface area contributed by atoms with E-state index in [0.29, 0.717) is 48.6 Å². The lowest BCUT2D eigenvalue weighted by Gasteiger charge is -2.36. The van der Waals surface area contributed by atoms with Gasteiger partial charge in [0.2, 0.25) is 5.91 Å². The molecule has 2 fully saturated rings. The summed E-state index contributed by atoms with van der Waals surface area (Å²) in [7, 11) is 4.22. The average Bonchev–Trinajstić information content (AvgIpc) is 3.49. The molecular weight excluding hydrogens is 562 g/mol. The number of carbonyl (C=O) groups is 2. The number of halogens is 3. The van der Waals surface area contributed by atoms with Crippen LogP contribution >= 0.6 is 23.2 Å². The van der Waals surface area contributed by atoms with Gasteiger partial charge in [-0.3, -0.25) is 4.79 Å². The maximum atomic E-state index is 14.7. The van der Waals surface area contributed by atoms with Crippen molar-refractivity contribution in [3.63, 3.8) is 0 Å². The van der Waals surface area contributed by atoms with E-state index >= 15 is 0 Å². The van der Waals surface area contributed by atoms with Gasteiger partial charge in [-0.05, 0) is 99.0 Å². The van der Waals surface area contributed by atoms with Crippen LogP contribution in [0.2, 0.25) is 10.0 Å². The molecule has 0 radical (unpaired) electrons. The van der Waals surface area contributed by atoms with Gasteiger partial charge in [0, 0.05) is 49.2 Å². The third-order valence-corrected chi connectivity index (χ3v) is 8.96.